The van der Waals surface area contributed by atoms with Crippen molar-refractivity contribution in [2.45, 2.75) is 53.1 Å². The maximum absolute atomic E-state index is 4.67. The van der Waals surface area contributed by atoms with Crippen LogP contribution in [-0.2, 0) is 19.4 Å². The van der Waals surface area contributed by atoms with E-state index in [4.69, 9.17) is 0 Å². The van der Waals surface area contributed by atoms with E-state index in [9.17, 15) is 0 Å². The molecular formula is C17H29IN6S. The number of hydrogen-bond acceptors (Lipinski definition) is 4. The first-order valence-corrected chi connectivity index (χ1v) is 9.40. The Kier molecular flexibility index (Phi) is 10.0. The molecule has 1 unspecified atom stereocenters. The molecule has 0 aliphatic heterocycles. The molecule has 2 aromatic heterocycles. The Hall–Kier alpha value is -1.16. The lowest BCUT2D eigenvalue weighted by molar-refractivity contribution is 0.632. The first-order valence-electron chi connectivity index (χ1n) is 8.59. The molecule has 25 heavy (non-hydrogen) atoms. The van der Waals surface area contributed by atoms with E-state index in [0.717, 1.165) is 37.7 Å². The summed E-state index contributed by atoms with van der Waals surface area (Å²) in [5, 5.41) is 14.9. The van der Waals surface area contributed by atoms with E-state index in [2.05, 4.69) is 70.2 Å². The number of halogens is 1. The van der Waals surface area contributed by atoms with E-state index in [0.29, 0.717) is 12.6 Å². The molecule has 1 atom stereocenters. The third-order valence-electron chi connectivity index (χ3n) is 3.65. The highest BCUT2D eigenvalue weighted by Crippen LogP contribution is 2.16. The van der Waals surface area contributed by atoms with Crippen LogP contribution >= 0.6 is 35.3 Å². The number of guanidine groups is 1. The number of nitrogens with zero attached hydrogens (tertiary/aromatic N) is 4. The molecule has 0 spiro atoms. The lowest BCUT2D eigenvalue weighted by atomic mass is 10.2. The number of aliphatic imine (C=N–C) groups is 1. The monoisotopic (exact) mass is 476 g/mol. The Labute approximate surface area is 171 Å². The average molecular weight is 476 g/mol. The van der Waals surface area contributed by atoms with Crippen molar-refractivity contribution < 1.29 is 0 Å². The van der Waals surface area contributed by atoms with Crippen molar-refractivity contribution in [1.82, 2.24) is 25.4 Å². The van der Waals surface area contributed by atoms with Crippen molar-refractivity contribution in [2.24, 2.45) is 4.99 Å². The number of aromatic nitrogens is 3. The first kappa shape index (κ1) is 21.9. The number of hydrogen-bond donors (Lipinski definition) is 2. The SMILES string of the molecule is CCNC(=NCCn1cnnc1CC)NC(C)Cc1ccc(C)s1.I. The van der Waals surface area contributed by atoms with Crippen molar-refractivity contribution in [3.05, 3.63) is 34.0 Å². The lowest BCUT2D eigenvalue weighted by Gasteiger charge is -2.17. The van der Waals surface area contributed by atoms with Gasteiger partial charge in [-0.05, 0) is 32.9 Å². The lowest BCUT2D eigenvalue weighted by Crippen LogP contribution is -2.43. The van der Waals surface area contributed by atoms with E-state index in [1.807, 2.05) is 11.3 Å². The largest absolute Gasteiger partial charge is 0.357 e. The second-order valence-corrected chi connectivity index (χ2v) is 7.19. The topological polar surface area (TPSA) is 67.1 Å². The van der Waals surface area contributed by atoms with Crippen LogP contribution in [0.5, 0.6) is 0 Å². The molecule has 2 rings (SSSR count). The Morgan fingerprint density at radius 2 is 2.16 bits per heavy atom. The van der Waals surface area contributed by atoms with Gasteiger partial charge in [0.15, 0.2) is 5.96 Å². The number of aryl methyl sites for hydroxylation is 2. The van der Waals surface area contributed by atoms with Crippen molar-refractivity contribution in [3.63, 3.8) is 0 Å². The van der Waals surface area contributed by atoms with E-state index < -0.39 is 0 Å². The highest BCUT2D eigenvalue weighted by molar-refractivity contribution is 14.0. The van der Waals surface area contributed by atoms with Crippen LogP contribution in [0.15, 0.2) is 23.5 Å². The van der Waals surface area contributed by atoms with E-state index in [1.54, 1.807) is 6.33 Å². The number of rotatable bonds is 8. The van der Waals surface area contributed by atoms with E-state index in [-0.39, 0.29) is 24.0 Å². The predicted octanol–water partition coefficient (Wildman–Crippen LogP) is 3.01. The van der Waals surface area contributed by atoms with Gasteiger partial charge in [-0.3, -0.25) is 4.99 Å². The average Bonchev–Trinajstić information content (AvgIpc) is 3.16. The second-order valence-electron chi connectivity index (χ2n) is 5.82. The Bertz CT molecular complexity index is 651. The van der Waals surface area contributed by atoms with Crippen LogP contribution in [0.4, 0.5) is 0 Å². The first-order chi connectivity index (χ1) is 11.6. The van der Waals surface area contributed by atoms with Gasteiger partial charge in [-0.2, -0.15) is 0 Å². The molecule has 2 aromatic rings. The zero-order valence-corrected chi connectivity index (χ0v) is 18.6. The minimum atomic E-state index is 0. The molecule has 0 radical (unpaired) electrons. The van der Waals surface area contributed by atoms with Gasteiger partial charge in [0.05, 0.1) is 6.54 Å². The van der Waals surface area contributed by atoms with Gasteiger partial charge in [-0.15, -0.1) is 45.5 Å². The molecule has 0 amide bonds. The van der Waals surface area contributed by atoms with Crippen LogP contribution in [0.2, 0.25) is 0 Å². The summed E-state index contributed by atoms with van der Waals surface area (Å²) in [6, 6.07) is 4.72. The molecule has 0 saturated heterocycles. The molecule has 0 saturated carbocycles. The number of thiophene rings is 1. The molecule has 2 heterocycles. The summed E-state index contributed by atoms with van der Waals surface area (Å²) in [5.41, 5.74) is 0. The van der Waals surface area contributed by atoms with Gasteiger partial charge in [0.25, 0.3) is 0 Å². The Morgan fingerprint density at radius 1 is 1.36 bits per heavy atom. The summed E-state index contributed by atoms with van der Waals surface area (Å²) in [6.07, 6.45) is 3.67. The van der Waals surface area contributed by atoms with Crippen LogP contribution < -0.4 is 10.6 Å². The smallest absolute Gasteiger partial charge is 0.191 e. The van der Waals surface area contributed by atoms with Gasteiger partial charge >= 0.3 is 0 Å². The highest BCUT2D eigenvalue weighted by atomic mass is 127. The fourth-order valence-corrected chi connectivity index (χ4v) is 3.53. The third kappa shape index (κ3) is 7.31. The van der Waals surface area contributed by atoms with E-state index in [1.165, 1.54) is 9.75 Å². The Balaban J connectivity index is 0.00000312. The molecule has 0 fully saturated rings. The van der Waals surface area contributed by atoms with Gasteiger partial charge in [0.1, 0.15) is 12.2 Å². The quantitative estimate of drug-likeness (QED) is 0.349. The van der Waals surface area contributed by atoms with Gasteiger partial charge in [-0.1, -0.05) is 6.92 Å². The summed E-state index contributed by atoms with van der Waals surface area (Å²) in [5.74, 6) is 1.87. The normalized spacial score (nSPS) is 12.6. The Morgan fingerprint density at radius 3 is 2.80 bits per heavy atom. The molecular weight excluding hydrogens is 447 g/mol. The van der Waals surface area contributed by atoms with Crippen molar-refractivity contribution in [2.75, 3.05) is 13.1 Å². The molecule has 0 aliphatic rings. The molecule has 8 heteroatoms. The van der Waals surface area contributed by atoms with Crippen LogP contribution in [-0.4, -0.2) is 39.9 Å². The van der Waals surface area contributed by atoms with Gasteiger partial charge in [0, 0.05) is 41.7 Å². The standard InChI is InChI=1S/C17H28N6S.HI/c1-5-16-22-20-12-23(16)10-9-19-17(18-6-2)21-13(3)11-15-8-7-14(4)24-15;/h7-8,12-13H,5-6,9-11H2,1-4H3,(H2,18,19,21);1H. The third-order valence-corrected chi connectivity index (χ3v) is 4.68. The van der Waals surface area contributed by atoms with Crippen LogP contribution in [0.25, 0.3) is 0 Å². The summed E-state index contributed by atoms with van der Waals surface area (Å²) in [4.78, 5) is 7.43. The summed E-state index contributed by atoms with van der Waals surface area (Å²) in [7, 11) is 0. The summed E-state index contributed by atoms with van der Waals surface area (Å²) >= 11 is 1.86. The highest BCUT2D eigenvalue weighted by Gasteiger charge is 2.08. The minimum absolute atomic E-state index is 0. The fraction of sp³-hybridized carbons (Fsp3) is 0.588. The zero-order valence-electron chi connectivity index (χ0n) is 15.5. The van der Waals surface area contributed by atoms with Crippen LogP contribution in [0.3, 0.4) is 0 Å². The molecule has 2 N–H and O–H groups in total. The molecule has 0 bridgehead atoms. The predicted molar refractivity (Wildman–Crippen MR) is 116 cm³/mol. The summed E-state index contributed by atoms with van der Waals surface area (Å²) in [6.45, 7) is 10.9. The van der Waals surface area contributed by atoms with Crippen molar-refractivity contribution in [1.29, 1.82) is 0 Å². The minimum Gasteiger partial charge on any atom is -0.357 e. The van der Waals surface area contributed by atoms with Crippen LogP contribution in [0, 0.1) is 6.92 Å². The van der Waals surface area contributed by atoms with E-state index >= 15 is 0 Å². The maximum Gasteiger partial charge on any atom is 0.191 e. The van der Waals surface area contributed by atoms with Crippen molar-refractivity contribution in [3.8, 4) is 0 Å². The maximum atomic E-state index is 4.67. The molecule has 6 nitrogen and oxygen atoms in total. The van der Waals surface area contributed by atoms with Crippen molar-refractivity contribution >= 4 is 41.3 Å². The number of nitrogens with one attached hydrogen (secondary N) is 2. The molecule has 0 aliphatic carbocycles. The fourth-order valence-electron chi connectivity index (χ4n) is 2.51. The second kappa shape index (κ2) is 11.5. The van der Waals surface area contributed by atoms with Crippen LogP contribution in [0.1, 0.15) is 36.3 Å². The molecule has 0 aromatic carbocycles. The zero-order chi connectivity index (χ0) is 17.4. The van der Waals surface area contributed by atoms with Gasteiger partial charge in [-0.25, -0.2) is 0 Å². The molecule has 140 valence electrons. The van der Waals surface area contributed by atoms with Gasteiger partial charge < -0.3 is 15.2 Å². The van der Waals surface area contributed by atoms with Gasteiger partial charge in [0.2, 0.25) is 0 Å². The summed E-state index contributed by atoms with van der Waals surface area (Å²) < 4.78 is 2.06.